The molecule has 1 aliphatic heterocycles. The van der Waals surface area contributed by atoms with Gasteiger partial charge < -0.3 is 20.1 Å². The number of pyridine rings is 2. The molecule has 0 aliphatic carbocycles. The van der Waals surface area contributed by atoms with E-state index in [-0.39, 0.29) is 0 Å². The summed E-state index contributed by atoms with van der Waals surface area (Å²) in [6.45, 7) is 1.89. The van der Waals surface area contributed by atoms with Crippen LogP contribution in [0.1, 0.15) is 5.56 Å². The van der Waals surface area contributed by atoms with Crippen molar-refractivity contribution in [2.45, 2.75) is 30.7 Å². The lowest BCUT2D eigenvalue weighted by Gasteiger charge is -2.35. The molecule has 1 aliphatic rings. The number of ether oxygens (including phenoxy) is 1. The molecule has 0 spiro atoms. The van der Waals surface area contributed by atoms with E-state index in [1.165, 1.54) is 11.8 Å². The number of aliphatic hydroxyl groups excluding tert-OH is 3. The van der Waals surface area contributed by atoms with Crippen molar-refractivity contribution in [3.8, 4) is 17.0 Å². The van der Waals surface area contributed by atoms with Gasteiger partial charge in [0.2, 0.25) is 0 Å². The minimum Gasteiger partial charge on any atom is -0.474 e. The zero-order valence-corrected chi connectivity index (χ0v) is 13.3. The molecular weight excluding hydrogens is 316 g/mol. The van der Waals surface area contributed by atoms with E-state index in [4.69, 9.17) is 4.74 Å². The lowest BCUT2D eigenvalue weighted by Crippen LogP contribution is -2.50. The largest absolute Gasteiger partial charge is 0.474 e. The lowest BCUT2D eigenvalue weighted by atomic mass is 10.1. The van der Waals surface area contributed by atoms with E-state index in [1.807, 2.05) is 25.1 Å². The highest BCUT2D eigenvalue weighted by atomic mass is 32.2. The van der Waals surface area contributed by atoms with Gasteiger partial charge in [0.1, 0.15) is 23.7 Å². The molecule has 6 nitrogen and oxygen atoms in total. The molecule has 3 heterocycles. The van der Waals surface area contributed by atoms with Crippen molar-refractivity contribution in [2.24, 2.45) is 0 Å². The average Bonchev–Trinajstić information content (AvgIpc) is 2.57. The van der Waals surface area contributed by atoms with Gasteiger partial charge in [0.25, 0.3) is 0 Å². The first-order valence-corrected chi connectivity index (χ1v) is 8.31. The van der Waals surface area contributed by atoms with Crippen LogP contribution in [0.2, 0.25) is 0 Å². The quantitative estimate of drug-likeness (QED) is 0.770. The molecule has 0 saturated carbocycles. The summed E-state index contributed by atoms with van der Waals surface area (Å²) in [5.74, 6) is 0.838. The first-order chi connectivity index (χ1) is 11.1. The maximum atomic E-state index is 10.1. The summed E-state index contributed by atoms with van der Waals surface area (Å²) in [6.07, 6.45) is 1.71. The molecular formula is C16H18N2O4S. The maximum Gasteiger partial charge on any atom is 0.173 e. The molecule has 0 bridgehead atoms. The molecule has 3 rings (SSSR count). The SMILES string of the molecule is Cc1ccnc(-c2cccnc2)c1O[C@H]1SC[C@@H](O)[C@H](O)[C@H]1O. The van der Waals surface area contributed by atoms with Gasteiger partial charge in [-0.25, -0.2) is 0 Å². The molecule has 3 N–H and O–H groups in total. The standard InChI is InChI=1S/C16H18N2O4S/c1-9-4-6-18-12(10-3-2-5-17-7-10)15(9)22-16-14(21)13(20)11(19)8-23-16/h2-7,11,13-14,16,19-21H,8H2,1H3/t11-,13+,14-,16+/m1/s1. The molecule has 2 aromatic heterocycles. The van der Waals surface area contributed by atoms with Gasteiger partial charge in [0.05, 0.1) is 6.10 Å². The van der Waals surface area contributed by atoms with E-state index in [1.54, 1.807) is 18.6 Å². The average molecular weight is 334 g/mol. The second-order valence-electron chi connectivity index (χ2n) is 5.42. The lowest BCUT2D eigenvalue weighted by molar-refractivity contribution is -0.0786. The minimum absolute atomic E-state index is 0.296. The van der Waals surface area contributed by atoms with Gasteiger partial charge >= 0.3 is 0 Å². The Morgan fingerprint density at radius 1 is 1.17 bits per heavy atom. The third-order valence-electron chi connectivity index (χ3n) is 3.72. The Morgan fingerprint density at radius 2 is 2.00 bits per heavy atom. The van der Waals surface area contributed by atoms with Crippen molar-refractivity contribution in [1.82, 2.24) is 9.97 Å². The molecule has 122 valence electrons. The molecule has 1 saturated heterocycles. The summed E-state index contributed by atoms with van der Waals surface area (Å²) >= 11 is 1.26. The van der Waals surface area contributed by atoms with Crippen LogP contribution in [-0.2, 0) is 0 Å². The van der Waals surface area contributed by atoms with E-state index in [2.05, 4.69) is 9.97 Å². The molecule has 0 aromatic carbocycles. The summed E-state index contributed by atoms with van der Waals surface area (Å²) < 4.78 is 5.95. The van der Waals surface area contributed by atoms with Crippen LogP contribution in [0.5, 0.6) is 5.75 Å². The van der Waals surface area contributed by atoms with Crippen molar-refractivity contribution in [1.29, 1.82) is 0 Å². The third-order valence-corrected chi connectivity index (χ3v) is 4.96. The highest BCUT2D eigenvalue weighted by Crippen LogP contribution is 2.35. The Hall–Kier alpha value is -1.67. The smallest absolute Gasteiger partial charge is 0.173 e. The predicted molar refractivity (Wildman–Crippen MR) is 87.1 cm³/mol. The molecule has 0 amide bonds. The molecule has 0 radical (unpaired) electrons. The van der Waals surface area contributed by atoms with Gasteiger partial charge in [-0.1, -0.05) is 0 Å². The molecule has 0 unspecified atom stereocenters. The zero-order chi connectivity index (χ0) is 16.4. The highest BCUT2D eigenvalue weighted by molar-refractivity contribution is 7.99. The number of aromatic nitrogens is 2. The minimum atomic E-state index is -1.22. The van der Waals surface area contributed by atoms with E-state index in [0.717, 1.165) is 11.1 Å². The number of rotatable bonds is 3. The fourth-order valence-electron chi connectivity index (χ4n) is 2.40. The summed E-state index contributed by atoms with van der Waals surface area (Å²) in [4.78, 5) is 8.46. The van der Waals surface area contributed by atoms with Gasteiger partial charge in [-0.2, -0.15) is 0 Å². The van der Waals surface area contributed by atoms with E-state index in [9.17, 15) is 15.3 Å². The summed E-state index contributed by atoms with van der Waals surface area (Å²) in [5, 5.41) is 29.6. The Labute approximate surface area is 138 Å². The maximum absolute atomic E-state index is 10.1. The number of nitrogens with zero attached hydrogens (tertiary/aromatic N) is 2. The van der Waals surface area contributed by atoms with E-state index < -0.39 is 23.7 Å². The number of hydrogen-bond donors (Lipinski definition) is 3. The normalized spacial score (nSPS) is 27.7. The summed E-state index contributed by atoms with van der Waals surface area (Å²) in [7, 11) is 0. The van der Waals surface area contributed by atoms with E-state index in [0.29, 0.717) is 17.2 Å². The van der Waals surface area contributed by atoms with Crippen molar-refractivity contribution in [3.05, 3.63) is 42.4 Å². The second-order valence-corrected chi connectivity index (χ2v) is 6.55. The van der Waals surface area contributed by atoms with Crippen LogP contribution in [-0.4, -0.2) is 54.8 Å². The van der Waals surface area contributed by atoms with Crippen LogP contribution in [0.4, 0.5) is 0 Å². The van der Waals surface area contributed by atoms with Crippen LogP contribution in [0.15, 0.2) is 36.8 Å². The Morgan fingerprint density at radius 3 is 2.74 bits per heavy atom. The Kier molecular flexibility index (Phi) is 4.82. The molecule has 1 fully saturated rings. The molecule has 4 atom stereocenters. The summed E-state index contributed by atoms with van der Waals surface area (Å²) in [6, 6.07) is 5.51. The van der Waals surface area contributed by atoms with Crippen molar-refractivity contribution < 1.29 is 20.1 Å². The number of aliphatic hydroxyl groups is 3. The fraction of sp³-hybridized carbons (Fsp3) is 0.375. The van der Waals surface area contributed by atoms with Gasteiger partial charge in [0, 0.05) is 29.9 Å². The highest BCUT2D eigenvalue weighted by Gasteiger charge is 2.39. The number of aryl methyl sites for hydroxylation is 1. The van der Waals surface area contributed by atoms with Gasteiger partial charge in [-0.3, -0.25) is 9.97 Å². The first-order valence-electron chi connectivity index (χ1n) is 7.26. The zero-order valence-electron chi connectivity index (χ0n) is 12.5. The van der Waals surface area contributed by atoms with Crippen molar-refractivity contribution >= 4 is 11.8 Å². The number of hydrogen-bond acceptors (Lipinski definition) is 7. The molecule has 23 heavy (non-hydrogen) atoms. The van der Waals surface area contributed by atoms with Crippen LogP contribution >= 0.6 is 11.8 Å². The topological polar surface area (TPSA) is 95.7 Å². The van der Waals surface area contributed by atoms with Crippen LogP contribution < -0.4 is 4.74 Å². The number of thioether (sulfide) groups is 1. The van der Waals surface area contributed by atoms with Crippen molar-refractivity contribution in [2.75, 3.05) is 5.75 Å². The monoisotopic (exact) mass is 334 g/mol. The van der Waals surface area contributed by atoms with Crippen LogP contribution in [0.3, 0.4) is 0 Å². The van der Waals surface area contributed by atoms with Crippen LogP contribution in [0, 0.1) is 6.92 Å². The van der Waals surface area contributed by atoms with Crippen LogP contribution in [0.25, 0.3) is 11.3 Å². The Bertz CT molecular complexity index is 670. The van der Waals surface area contributed by atoms with E-state index >= 15 is 0 Å². The third kappa shape index (κ3) is 3.32. The molecule has 7 heteroatoms. The van der Waals surface area contributed by atoms with Gasteiger partial charge in [-0.05, 0) is 30.7 Å². The summed E-state index contributed by atoms with van der Waals surface area (Å²) in [5.41, 5.74) is 1.63. The first kappa shape index (κ1) is 16.2. The second kappa shape index (κ2) is 6.84. The van der Waals surface area contributed by atoms with Gasteiger partial charge in [0.15, 0.2) is 5.44 Å². The van der Waals surface area contributed by atoms with Gasteiger partial charge in [-0.15, -0.1) is 11.8 Å². The van der Waals surface area contributed by atoms with Crippen molar-refractivity contribution in [3.63, 3.8) is 0 Å². The fourth-order valence-corrected chi connectivity index (χ4v) is 3.51. The molecule has 2 aromatic rings. The Balaban J connectivity index is 1.91. The predicted octanol–water partition coefficient (Wildman–Crippen LogP) is 0.986.